The van der Waals surface area contributed by atoms with Gasteiger partial charge in [0.25, 0.3) is 0 Å². The number of hydrogen-bond donors (Lipinski definition) is 1. The number of benzene rings is 1. The van der Waals surface area contributed by atoms with Crippen LogP contribution >= 0.6 is 0 Å². The van der Waals surface area contributed by atoms with Crippen molar-refractivity contribution in [3.63, 3.8) is 0 Å². The smallest absolute Gasteiger partial charge is 0.104 e. The summed E-state index contributed by atoms with van der Waals surface area (Å²) in [6.45, 7) is 2.79. The fourth-order valence-electron chi connectivity index (χ4n) is 2.63. The second kappa shape index (κ2) is 7.33. The van der Waals surface area contributed by atoms with Crippen LogP contribution in [0.3, 0.4) is 0 Å². The molecule has 1 fully saturated rings. The third-order valence-electron chi connectivity index (χ3n) is 3.81. The predicted molar refractivity (Wildman–Crippen MR) is 76.6 cm³/mol. The maximum atomic E-state index is 8.78. The van der Waals surface area contributed by atoms with Gasteiger partial charge in [0.05, 0.1) is 12.7 Å². The first-order valence-electron chi connectivity index (χ1n) is 7.10. The van der Waals surface area contributed by atoms with Crippen molar-refractivity contribution in [3.8, 4) is 11.8 Å². The molecule has 0 heterocycles. The molecule has 0 amide bonds. The fraction of sp³-hybridized carbons (Fsp3) is 0.529. The molecule has 19 heavy (non-hydrogen) atoms. The Kier molecular flexibility index (Phi) is 5.44. The number of rotatable bonds is 3. The van der Waals surface area contributed by atoms with Gasteiger partial charge in [-0.05, 0) is 30.4 Å². The second-order valence-corrected chi connectivity index (χ2v) is 5.23. The van der Waals surface area contributed by atoms with Gasteiger partial charge in [0.2, 0.25) is 0 Å². The van der Waals surface area contributed by atoms with Crippen LogP contribution in [0, 0.1) is 17.8 Å². The summed E-state index contributed by atoms with van der Waals surface area (Å²) in [7, 11) is 0. The predicted octanol–water partition coefficient (Wildman–Crippen LogP) is 3.13. The van der Waals surface area contributed by atoms with Gasteiger partial charge < -0.3 is 9.84 Å². The maximum absolute atomic E-state index is 8.78. The van der Waals surface area contributed by atoms with Gasteiger partial charge in [0.1, 0.15) is 6.61 Å². The first-order valence-corrected chi connectivity index (χ1v) is 7.10. The van der Waals surface area contributed by atoms with Gasteiger partial charge in [-0.2, -0.15) is 0 Å². The molecular formula is C17H22O2. The Bertz CT molecular complexity index is 456. The number of aliphatic hydroxyl groups is 1. The minimum absolute atomic E-state index is 0.102. The van der Waals surface area contributed by atoms with Crippen LogP contribution < -0.4 is 0 Å². The summed E-state index contributed by atoms with van der Waals surface area (Å²) in [6, 6.07) is 8.00. The Morgan fingerprint density at radius 1 is 1.26 bits per heavy atom. The Hall–Kier alpha value is -1.30. The molecule has 102 valence electrons. The van der Waals surface area contributed by atoms with E-state index < -0.39 is 0 Å². The van der Waals surface area contributed by atoms with Crippen molar-refractivity contribution >= 4 is 0 Å². The number of hydrogen-bond acceptors (Lipinski definition) is 2. The minimum Gasteiger partial charge on any atom is -0.384 e. The van der Waals surface area contributed by atoms with Gasteiger partial charge in [-0.3, -0.25) is 0 Å². The molecule has 2 atom stereocenters. The summed E-state index contributed by atoms with van der Waals surface area (Å²) < 4.78 is 6.07. The van der Waals surface area contributed by atoms with Gasteiger partial charge in [-0.25, -0.2) is 0 Å². The highest BCUT2D eigenvalue weighted by molar-refractivity contribution is 5.40. The van der Waals surface area contributed by atoms with Crippen LogP contribution in [-0.4, -0.2) is 17.8 Å². The van der Waals surface area contributed by atoms with Crippen molar-refractivity contribution in [2.24, 2.45) is 5.92 Å². The summed E-state index contributed by atoms with van der Waals surface area (Å²) in [5, 5.41) is 8.78. The zero-order valence-electron chi connectivity index (χ0n) is 11.6. The van der Waals surface area contributed by atoms with E-state index >= 15 is 0 Å². The van der Waals surface area contributed by atoms with E-state index in [0.717, 1.165) is 11.1 Å². The molecule has 1 aromatic rings. The molecule has 1 aliphatic carbocycles. The normalized spacial score (nSPS) is 22.6. The second-order valence-electron chi connectivity index (χ2n) is 5.23. The van der Waals surface area contributed by atoms with Crippen molar-refractivity contribution < 1.29 is 9.84 Å². The lowest BCUT2D eigenvalue weighted by Crippen LogP contribution is -2.25. The summed E-state index contributed by atoms with van der Waals surface area (Å²) >= 11 is 0. The molecule has 0 saturated heterocycles. The highest BCUT2D eigenvalue weighted by atomic mass is 16.5. The van der Waals surface area contributed by atoms with E-state index in [9.17, 15) is 0 Å². The highest BCUT2D eigenvalue weighted by Gasteiger charge is 2.21. The molecule has 0 spiro atoms. The summed E-state index contributed by atoms with van der Waals surface area (Å²) in [4.78, 5) is 0. The summed E-state index contributed by atoms with van der Waals surface area (Å²) in [5.74, 6) is 6.34. The van der Waals surface area contributed by atoms with Crippen LogP contribution in [0.2, 0.25) is 0 Å². The molecule has 1 N–H and O–H groups in total. The lowest BCUT2D eigenvalue weighted by molar-refractivity contribution is -0.0155. The quantitative estimate of drug-likeness (QED) is 0.844. The molecule has 0 bridgehead atoms. The number of aliphatic hydroxyl groups excluding tert-OH is 1. The highest BCUT2D eigenvalue weighted by Crippen LogP contribution is 2.27. The van der Waals surface area contributed by atoms with Crippen LogP contribution in [0.25, 0.3) is 0 Å². The standard InChI is InChI=1S/C17H22O2/c1-14-7-2-5-11-17(14)19-13-16-9-4-3-8-15(16)10-6-12-18/h3-4,8-9,14,17-18H,2,5,7,11-13H2,1H3. The molecule has 0 aromatic heterocycles. The molecule has 0 radical (unpaired) electrons. The Morgan fingerprint density at radius 2 is 2.05 bits per heavy atom. The zero-order valence-corrected chi connectivity index (χ0v) is 11.6. The molecule has 2 rings (SSSR count). The average Bonchev–Trinajstić information content (AvgIpc) is 2.45. The molecule has 1 aromatic carbocycles. The Morgan fingerprint density at radius 3 is 2.84 bits per heavy atom. The maximum Gasteiger partial charge on any atom is 0.104 e. The van der Waals surface area contributed by atoms with Crippen LogP contribution in [0.5, 0.6) is 0 Å². The number of ether oxygens (including phenoxy) is 1. The molecule has 2 nitrogen and oxygen atoms in total. The molecule has 2 unspecified atom stereocenters. The largest absolute Gasteiger partial charge is 0.384 e. The van der Waals surface area contributed by atoms with Gasteiger partial charge >= 0.3 is 0 Å². The van der Waals surface area contributed by atoms with E-state index in [0.29, 0.717) is 18.6 Å². The monoisotopic (exact) mass is 258 g/mol. The minimum atomic E-state index is -0.102. The van der Waals surface area contributed by atoms with Crippen LogP contribution in [0.15, 0.2) is 24.3 Å². The van der Waals surface area contributed by atoms with E-state index in [1.807, 2.05) is 18.2 Å². The van der Waals surface area contributed by atoms with E-state index in [2.05, 4.69) is 24.8 Å². The molecule has 0 aliphatic heterocycles. The molecule has 1 saturated carbocycles. The van der Waals surface area contributed by atoms with Crippen LogP contribution in [-0.2, 0) is 11.3 Å². The van der Waals surface area contributed by atoms with Crippen molar-refractivity contribution in [3.05, 3.63) is 35.4 Å². The molecule has 1 aliphatic rings. The van der Waals surface area contributed by atoms with Gasteiger partial charge in [0, 0.05) is 5.56 Å². The lowest BCUT2D eigenvalue weighted by Gasteiger charge is -2.28. The average molecular weight is 258 g/mol. The van der Waals surface area contributed by atoms with Crippen LogP contribution in [0.1, 0.15) is 43.7 Å². The first kappa shape index (κ1) is 14.1. The van der Waals surface area contributed by atoms with Gasteiger partial charge in [-0.15, -0.1) is 0 Å². The van der Waals surface area contributed by atoms with E-state index in [1.165, 1.54) is 25.7 Å². The first-order chi connectivity index (χ1) is 9.31. The Labute approximate surface area is 115 Å². The third kappa shape index (κ3) is 4.09. The van der Waals surface area contributed by atoms with Gasteiger partial charge in [0.15, 0.2) is 0 Å². The third-order valence-corrected chi connectivity index (χ3v) is 3.81. The van der Waals surface area contributed by atoms with Crippen molar-refractivity contribution in [2.75, 3.05) is 6.61 Å². The Balaban J connectivity index is 1.98. The van der Waals surface area contributed by atoms with E-state index in [-0.39, 0.29) is 6.61 Å². The van der Waals surface area contributed by atoms with Crippen molar-refractivity contribution in [1.82, 2.24) is 0 Å². The van der Waals surface area contributed by atoms with Crippen molar-refractivity contribution in [2.45, 2.75) is 45.3 Å². The topological polar surface area (TPSA) is 29.5 Å². The summed E-state index contributed by atoms with van der Waals surface area (Å²) in [6.07, 6.45) is 5.44. The van der Waals surface area contributed by atoms with E-state index in [4.69, 9.17) is 9.84 Å². The van der Waals surface area contributed by atoms with E-state index in [1.54, 1.807) is 0 Å². The summed E-state index contributed by atoms with van der Waals surface area (Å²) in [5.41, 5.74) is 2.07. The van der Waals surface area contributed by atoms with Crippen LogP contribution in [0.4, 0.5) is 0 Å². The van der Waals surface area contributed by atoms with Gasteiger partial charge in [-0.1, -0.05) is 49.8 Å². The lowest BCUT2D eigenvalue weighted by atomic mass is 9.88. The SMILES string of the molecule is CC1CCCCC1OCc1ccccc1C#CCO. The zero-order chi connectivity index (χ0) is 13.5. The van der Waals surface area contributed by atoms with Crippen molar-refractivity contribution in [1.29, 1.82) is 0 Å². The molecule has 2 heteroatoms. The molecular weight excluding hydrogens is 236 g/mol. The fourth-order valence-corrected chi connectivity index (χ4v) is 2.63.